The Balaban J connectivity index is 1.90. The van der Waals surface area contributed by atoms with Gasteiger partial charge in [0.15, 0.2) is 0 Å². The van der Waals surface area contributed by atoms with Crippen LogP contribution in [0.15, 0.2) is 16.3 Å². The van der Waals surface area contributed by atoms with Crippen LogP contribution < -0.4 is 0 Å². The summed E-state index contributed by atoms with van der Waals surface area (Å²) in [7, 11) is -3.26. The molecular formula is C14H24N2O2S2. The lowest BCUT2D eigenvalue weighted by atomic mass is 10.2. The summed E-state index contributed by atoms with van der Waals surface area (Å²) in [4.78, 5) is 3.42. The quantitative estimate of drug-likeness (QED) is 0.757. The first-order chi connectivity index (χ1) is 9.54. The van der Waals surface area contributed by atoms with Gasteiger partial charge in [0, 0.05) is 31.1 Å². The summed E-state index contributed by atoms with van der Waals surface area (Å²) in [5, 5.41) is 0. The SMILES string of the molecule is CCCCCN1CCN(S(=O)(=O)c2ccc(C)s2)CC1. The molecule has 0 radical (unpaired) electrons. The van der Waals surface area contributed by atoms with Gasteiger partial charge in [0.1, 0.15) is 4.21 Å². The van der Waals surface area contributed by atoms with Crippen LogP contribution in [0.5, 0.6) is 0 Å². The Morgan fingerprint density at radius 2 is 1.85 bits per heavy atom. The highest BCUT2D eigenvalue weighted by Crippen LogP contribution is 2.25. The normalized spacial score (nSPS) is 18.5. The summed E-state index contributed by atoms with van der Waals surface area (Å²) in [6.45, 7) is 8.18. The van der Waals surface area contributed by atoms with Gasteiger partial charge in [-0.25, -0.2) is 8.42 Å². The minimum Gasteiger partial charge on any atom is -0.301 e. The number of piperazine rings is 1. The Morgan fingerprint density at radius 3 is 2.40 bits per heavy atom. The Labute approximate surface area is 126 Å². The minimum atomic E-state index is -3.26. The van der Waals surface area contributed by atoms with Gasteiger partial charge in [0.05, 0.1) is 0 Å². The molecule has 4 nitrogen and oxygen atoms in total. The van der Waals surface area contributed by atoms with Crippen molar-refractivity contribution in [1.29, 1.82) is 0 Å². The third-order valence-corrected chi connectivity index (χ3v) is 7.09. The summed E-state index contributed by atoms with van der Waals surface area (Å²) in [6, 6.07) is 3.60. The lowest BCUT2D eigenvalue weighted by molar-refractivity contribution is 0.185. The van der Waals surface area contributed by atoms with Crippen LogP contribution in [-0.2, 0) is 10.0 Å². The summed E-state index contributed by atoms with van der Waals surface area (Å²) in [5.41, 5.74) is 0. The van der Waals surface area contributed by atoms with Crippen molar-refractivity contribution in [2.75, 3.05) is 32.7 Å². The molecule has 0 aromatic carbocycles. The van der Waals surface area contributed by atoms with Crippen molar-refractivity contribution >= 4 is 21.4 Å². The van der Waals surface area contributed by atoms with Gasteiger partial charge < -0.3 is 4.90 Å². The zero-order valence-corrected chi connectivity index (χ0v) is 14.0. The first kappa shape index (κ1) is 15.9. The molecule has 1 fully saturated rings. The third kappa shape index (κ3) is 3.81. The van der Waals surface area contributed by atoms with Crippen molar-refractivity contribution in [3.8, 4) is 0 Å². The summed E-state index contributed by atoms with van der Waals surface area (Å²) < 4.78 is 27.1. The molecule has 114 valence electrons. The number of rotatable bonds is 6. The van der Waals surface area contributed by atoms with E-state index in [1.165, 1.54) is 30.6 Å². The Bertz CT molecular complexity index is 517. The van der Waals surface area contributed by atoms with Crippen molar-refractivity contribution in [3.63, 3.8) is 0 Å². The molecule has 1 aliphatic rings. The number of hydrogen-bond acceptors (Lipinski definition) is 4. The van der Waals surface area contributed by atoms with E-state index in [-0.39, 0.29) is 0 Å². The van der Waals surface area contributed by atoms with Crippen molar-refractivity contribution < 1.29 is 8.42 Å². The number of thiophene rings is 1. The predicted molar refractivity (Wildman–Crippen MR) is 83.8 cm³/mol. The van der Waals surface area contributed by atoms with Crippen LogP contribution in [0, 0.1) is 6.92 Å². The van der Waals surface area contributed by atoms with Crippen molar-refractivity contribution in [1.82, 2.24) is 9.21 Å². The zero-order valence-electron chi connectivity index (χ0n) is 12.3. The zero-order chi connectivity index (χ0) is 14.6. The van der Waals surface area contributed by atoms with Gasteiger partial charge in [-0.05, 0) is 32.0 Å². The maximum Gasteiger partial charge on any atom is 0.252 e. The van der Waals surface area contributed by atoms with Gasteiger partial charge >= 0.3 is 0 Å². The van der Waals surface area contributed by atoms with E-state index < -0.39 is 10.0 Å². The molecule has 0 bridgehead atoms. The Kier molecular flexibility index (Phi) is 5.60. The fourth-order valence-corrected chi connectivity index (χ4v) is 5.32. The molecule has 0 atom stereocenters. The largest absolute Gasteiger partial charge is 0.301 e. The van der Waals surface area contributed by atoms with E-state index in [1.807, 2.05) is 13.0 Å². The predicted octanol–water partition coefficient (Wildman–Crippen LogP) is 2.55. The number of aryl methyl sites for hydroxylation is 1. The molecule has 0 aliphatic carbocycles. The van der Waals surface area contributed by atoms with Crippen molar-refractivity contribution in [2.45, 2.75) is 37.3 Å². The van der Waals surface area contributed by atoms with Gasteiger partial charge in [0.2, 0.25) is 0 Å². The van der Waals surface area contributed by atoms with E-state index in [0.717, 1.165) is 24.5 Å². The molecule has 0 unspecified atom stereocenters. The Hall–Kier alpha value is -0.430. The smallest absolute Gasteiger partial charge is 0.252 e. The van der Waals surface area contributed by atoms with E-state index in [2.05, 4.69) is 11.8 Å². The highest BCUT2D eigenvalue weighted by Gasteiger charge is 2.29. The molecule has 2 heterocycles. The van der Waals surface area contributed by atoms with E-state index in [1.54, 1.807) is 10.4 Å². The van der Waals surface area contributed by atoms with Crippen LogP contribution in [0.3, 0.4) is 0 Å². The first-order valence-electron chi connectivity index (χ1n) is 7.33. The van der Waals surface area contributed by atoms with Crippen molar-refractivity contribution in [3.05, 3.63) is 17.0 Å². The molecule has 1 aromatic heterocycles. The maximum atomic E-state index is 12.5. The number of sulfonamides is 1. The first-order valence-corrected chi connectivity index (χ1v) is 9.58. The van der Waals surface area contributed by atoms with Crippen LogP contribution in [0.4, 0.5) is 0 Å². The average Bonchev–Trinajstić information content (AvgIpc) is 2.87. The van der Waals surface area contributed by atoms with E-state index in [9.17, 15) is 8.42 Å². The van der Waals surface area contributed by atoms with Gasteiger partial charge in [-0.1, -0.05) is 19.8 Å². The van der Waals surface area contributed by atoms with Crippen LogP contribution in [0.25, 0.3) is 0 Å². The summed E-state index contributed by atoms with van der Waals surface area (Å²) >= 11 is 1.36. The second-order valence-corrected chi connectivity index (χ2v) is 8.77. The number of unbranched alkanes of at least 4 members (excludes halogenated alkanes) is 2. The lowest BCUT2D eigenvalue weighted by Crippen LogP contribution is -2.48. The Morgan fingerprint density at radius 1 is 1.15 bits per heavy atom. The molecule has 2 rings (SSSR count). The molecule has 1 aromatic rings. The molecule has 0 saturated carbocycles. The van der Waals surface area contributed by atoms with Gasteiger partial charge in [-0.2, -0.15) is 4.31 Å². The van der Waals surface area contributed by atoms with Crippen LogP contribution >= 0.6 is 11.3 Å². The van der Waals surface area contributed by atoms with E-state index >= 15 is 0 Å². The number of nitrogens with zero attached hydrogens (tertiary/aromatic N) is 2. The monoisotopic (exact) mass is 316 g/mol. The fraction of sp³-hybridized carbons (Fsp3) is 0.714. The third-order valence-electron chi connectivity index (χ3n) is 3.72. The number of hydrogen-bond donors (Lipinski definition) is 0. The molecule has 0 spiro atoms. The second-order valence-electron chi connectivity index (χ2n) is 5.32. The fourth-order valence-electron chi connectivity index (χ4n) is 2.46. The highest BCUT2D eigenvalue weighted by molar-refractivity contribution is 7.91. The molecule has 1 aliphatic heterocycles. The second kappa shape index (κ2) is 7.02. The standard InChI is InChI=1S/C14H24N2O2S2/c1-3-4-5-8-15-9-11-16(12-10-15)20(17,18)14-7-6-13(2)19-14/h6-7H,3-5,8-12H2,1-2H3. The molecular weight excluding hydrogens is 292 g/mol. The maximum absolute atomic E-state index is 12.5. The minimum absolute atomic E-state index is 0.481. The lowest BCUT2D eigenvalue weighted by Gasteiger charge is -2.33. The highest BCUT2D eigenvalue weighted by atomic mass is 32.2. The van der Waals surface area contributed by atoms with Crippen LogP contribution in [0.1, 0.15) is 31.1 Å². The summed E-state index contributed by atoms with van der Waals surface area (Å²) in [6.07, 6.45) is 3.70. The molecule has 0 amide bonds. The molecule has 0 N–H and O–H groups in total. The topological polar surface area (TPSA) is 40.6 Å². The van der Waals surface area contributed by atoms with Gasteiger partial charge in [-0.15, -0.1) is 11.3 Å². The van der Waals surface area contributed by atoms with Crippen LogP contribution in [-0.4, -0.2) is 50.3 Å². The molecule has 6 heteroatoms. The molecule has 1 saturated heterocycles. The van der Waals surface area contributed by atoms with Gasteiger partial charge in [-0.3, -0.25) is 0 Å². The summed E-state index contributed by atoms with van der Waals surface area (Å²) in [5.74, 6) is 0. The van der Waals surface area contributed by atoms with Crippen molar-refractivity contribution in [2.24, 2.45) is 0 Å². The van der Waals surface area contributed by atoms with E-state index in [0.29, 0.717) is 17.3 Å². The average molecular weight is 316 g/mol. The molecule has 20 heavy (non-hydrogen) atoms. The van der Waals surface area contributed by atoms with Gasteiger partial charge in [0.25, 0.3) is 10.0 Å². The van der Waals surface area contributed by atoms with Crippen LogP contribution in [0.2, 0.25) is 0 Å². The van der Waals surface area contributed by atoms with E-state index in [4.69, 9.17) is 0 Å².